The van der Waals surface area contributed by atoms with E-state index in [1.165, 1.54) is 31.2 Å². The van der Waals surface area contributed by atoms with Crippen LogP contribution >= 0.6 is 11.8 Å². The van der Waals surface area contributed by atoms with Crippen molar-refractivity contribution in [3.05, 3.63) is 42.5 Å². The Labute approximate surface area is 190 Å². The van der Waals surface area contributed by atoms with Crippen LogP contribution in [0, 0.1) is 0 Å². The number of nitrogens with one attached hydrogen (secondary N) is 3. The predicted molar refractivity (Wildman–Crippen MR) is 122 cm³/mol. The third-order valence-electron chi connectivity index (χ3n) is 5.10. The first-order valence-electron chi connectivity index (χ1n) is 10.0. The molecular weight excluding hydrogens is 452 g/mol. The average molecular weight is 475 g/mol. The van der Waals surface area contributed by atoms with Crippen molar-refractivity contribution >= 4 is 56.6 Å². The fourth-order valence-corrected chi connectivity index (χ4v) is 5.70. The maximum atomic E-state index is 12.8. The molecule has 2 aromatic rings. The summed E-state index contributed by atoms with van der Waals surface area (Å²) in [5.74, 6) is -0.885. The van der Waals surface area contributed by atoms with E-state index in [1.54, 1.807) is 23.1 Å². The molecule has 0 aromatic heterocycles. The lowest BCUT2D eigenvalue weighted by molar-refractivity contribution is -0.133. The predicted octanol–water partition coefficient (Wildman–Crippen LogP) is 2.48. The Kier molecular flexibility index (Phi) is 6.11. The number of hydrogen-bond acceptors (Lipinski definition) is 6. The van der Waals surface area contributed by atoms with E-state index >= 15 is 0 Å². The number of amides is 3. The fourth-order valence-electron chi connectivity index (χ4n) is 3.56. The van der Waals surface area contributed by atoms with E-state index in [9.17, 15) is 22.8 Å². The maximum absolute atomic E-state index is 12.8. The van der Waals surface area contributed by atoms with E-state index in [0.29, 0.717) is 35.0 Å². The Morgan fingerprint density at radius 2 is 1.72 bits per heavy atom. The lowest BCUT2D eigenvalue weighted by atomic mass is 10.2. The maximum Gasteiger partial charge on any atom is 0.261 e. The molecule has 2 heterocycles. The average Bonchev–Trinajstić information content (AvgIpc) is 3.28. The zero-order chi connectivity index (χ0) is 22.9. The van der Waals surface area contributed by atoms with Gasteiger partial charge in [0.25, 0.3) is 10.0 Å². The number of hydrogen-bond donors (Lipinski definition) is 3. The third kappa shape index (κ3) is 4.73. The molecule has 1 fully saturated rings. The molecule has 2 aromatic carbocycles. The zero-order valence-corrected chi connectivity index (χ0v) is 18.9. The number of benzene rings is 2. The van der Waals surface area contributed by atoms with E-state index in [-0.39, 0.29) is 16.7 Å². The van der Waals surface area contributed by atoms with Crippen molar-refractivity contribution < 1.29 is 22.8 Å². The molecule has 0 saturated carbocycles. The van der Waals surface area contributed by atoms with Crippen LogP contribution in [0.25, 0.3) is 0 Å². The van der Waals surface area contributed by atoms with Crippen LogP contribution in [0.2, 0.25) is 0 Å². The second kappa shape index (κ2) is 8.83. The molecule has 0 bridgehead atoms. The van der Waals surface area contributed by atoms with E-state index in [4.69, 9.17) is 0 Å². The summed E-state index contributed by atoms with van der Waals surface area (Å²) in [6.45, 7) is 2.70. The third-order valence-corrected chi connectivity index (χ3v) is 7.74. The number of rotatable bonds is 5. The number of carbonyl (C=O) groups excluding carboxylic acids is 3. The van der Waals surface area contributed by atoms with Crippen molar-refractivity contribution in [1.82, 2.24) is 4.90 Å². The normalized spacial score (nSPS) is 18.0. The van der Waals surface area contributed by atoms with Crippen molar-refractivity contribution in [3.8, 4) is 0 Å². The van der Waals surface area contributed by atoms with Gasteiger partial charge in [-0.2, -0.15) is 0 Å². The Hall–Kier alpha value is -3.05. The fraction of sp³-hybridized carbons (Fsp3) is 0.286. The van der Waals surface area contributed by atoms with Gasteiger partial charge in [0.15, 0.2) is 5.25 Å². The molecule has 11 heteroatoms. The van der Waals surface area contributed by atoms with E-state index in [2.05, 4.69) is 15.4 Å². The van der Waals surface area contributed by atoms with Crippen LogP contribution in [-0.4, -0.2) is 49.4 Å². The van der Waals surface area contributed by atoms with Gasteiger partial charge in [-0.1, -0.05) is 0 Å². The number of nitrogens with zero attached hydrogens (tertiary/aromatic N) is 1. The lowest BCUT2D eigenvalue weighted by Gasteiger charge is -2.27. The van der Waals surface area contributed by atoms with Gasteiger partial charge in [-0.3, -0.25) is 19.1 Å². The van der Waals surface area contributed by atoms with Crippen molar-refractivity contribution in [3.63, 3.8) is 0 Å². The topological polar surface area (TPSA) is 125 Å². The van der Waals surface area contributed by atoms with Gasteiger partial charge in [0.1, 0.15) is 0 Å². The molecule has 2 aliphatic rings. The molecule has 1 saturated heterocycles. The molecular formula is C21H22N4O5S2. The zero-order valence-electron chi connectivity index (χ0n) is 17.3. The van der Waals surface area contributed by atoms with Gasteiger partial charge >= 0.3 is 0 Å². The summed E-state index contributed by atoms with van der Waals surface area (Å²) < 4.78 is 28.1. The molecule has 0 unspecified atom stereocenters. The summed E-state index contributed by atoms with van der Waals surface area (Å²) in [4.78, 5) is 38.6. The van der Waals surface area contributed by atoms with E-state index < -0.39 is 21.2 Å². The highest BCUT2D eigenvalue weighted by Gasteiger charge is 2.37. The highest BCUT2D eigenvalue weighted by atomic mass is 32.2. The van der Waals surface area contributed by atoms with Gasteiger partial charge in [-0.25, -0.2) is 8.42 Å². The molecule has 1 atom stereocenters. The quantitative estimate of drug-likeness (QED) is 0.572. The van der Waals surface area contributed by atoms with Crippen LogP contribution in [0.5, 0.6) is 0 Å². The van der Waals surface area contributed by atoms with Crippen molar-refractivity contribution in [2.45, 2.75) is 34.8 Å². The smallest absolute Gasteiger partial charge is 0.261 e. The first-order valence-corrected chi connectivity index (χ1v) is 12.4. The van der Waals surface area contributed by atoms with Gasteiger partial charge in [0.05, 0.1) is 10.6 Å². The minimum absolute atomic E-state index is 0.0209. The standard InChI is InChI=1S/C21H22N4O5S2/c1-13(26)22-14-4-6-15(7-5-14)24-32(29,30)16-8-9-18-17(12-16)23-20(27)19(31-18)21(28)25-10-2-3-11-25/h4-9,12,19,24H,2-3,10-11H2,1H3,(H,22,26)(H,23,27)/t19-/m1/s1. The summed E-state index contributed by atoms with van der Waals surface area (Å²) in [6, 6.07) is 10.7. The summed E-state index contributed by atoms with van der Waals surface area (Å²) in [5.41, 5.74) is 1.23. The lowest BCUT2D eigenvalue weighted by Crippen LogP contribution is -2.43. The minimum atomic E-state index is -3.92. The minimum Gasteiger partial charge on any atom is -0.341 e. The summed E-state index contributed by atoms with van der Waals surface area (Å²) in [7, 11) is -3.92. The molecule has 3 amide bonds. The monoisotopic (exact) mass is 474 g/mol. The number of anilines is 3. The number of fused-ring (bicyclic) bond motifs is 1. The van der Waals surface area contributed by atoms with Crippen LogP contribution < -0.4 is 15.4 Å². The molecule has 0 aliphatic carbocycles. The SMILES string of the molecule is CC(=O)Nc1ccc(NS(=O)(=O)c2ccc3c(c2)NC(=O)[C@H](C(=O)N2CCCC2)S3)cc1. The van der Waals surface area contributed by atoms with Gasteiger partial charge in [-0.15, -0.1) is 11.8 Å². The Balaban J connectivity index is 1.50. The van der Waals surface area contributed by atoms with Gasteiger partial charge in [0.2, 0.25) is 17.7 Å². The number of carbonyl (C=O) groups is 3. The molecule has 168 valence electrons. The van der Waals surface area contributed by atoms with Crippen LogP contribution in [0.4, 0.5) is 17.1 Å². The Bertz CT molecular complexity index is 1180. The first-order chi connectivity index (χ1) is 15.2. The van der Waals surface area contributed by atoms with Gasteiger partial charge in [-0.05, 0) is 55.3 Å². The van der Waals surface area contributed by atoms with Crippen molar-refractivity contribution in [2.75, 3.05) is 28.4 Å². The van der Waals surface area contributed by atoms with Crippen LogP contribution in [0.3, 0.4) is 0 Å². The van der Waals surface area contributed by atoms with E-state index in [1.807, 2.05) is 0 Å². The van der Waals surface area contributed by atoms with Crippen LogP contribution in [0.1, 0.15) is 19.8 Å². The highest BCUT2D eigenvalue weighted by molar-refractivity contribution is 8.01. The number of sulfonamides is 1. The van der Waals surface area contributed by atoms with Gasteiger partial charge in [0, 0.05) is 36.3 Å². The second-order valence-electron chi connectivity index (χ2n) is 7.54. The highest BCUT2D eigenvalue weighted by Crippen LogP contribution is 2.38. The molecule has 0 spiro atoms. The molecule has 2 aliphatic heterocycles. The molecule has 4 rings (SSSR count). The molecule has 9 nitrogen and oxygen atoms in total. The van der Waals surface area contributed by atoms with E-state index in [0.717, 1.165) is 24.6 Å². The largest absolute Gasteiger partial charge is 0.341 e. The molecule has 32 heavy (non-hydrogen) atoms. The summed E-state index contributed by atoms with van der Waals surface area (Å²) in [6.07, 6.45) is 1.87. The van der Waals surface area contributed by atoms with Crippen LogP contribution in [-0.2, 0) is 24.4 Å². The first kappa shape index (κ1) is 22.2. The second-order valence-corrected chi connectivity index (χ2v) is 10.4. The molecule has 0 radical (unpaired) electrons. The Morgan fingerprint density at radius 3 is 2.38 bits per heavy atom. The summed E-state index contributed by atoms with van der Waals surface area (Å²) in [5, 5.41) is 4.41. The van der Waals surface area contributed by atoms with Crippen LogP contribution in [0.15, 0.2) is 52.3 Å². The number of likely N-dealkylation sites (tertiary alicyclic amines) is 1. The van der Waals surface area contributed by atoms with Gasteiger partial charge < -0.3 is 15.5 Å². The van der Waals surface area contributed by atoms with Crippen molar-refractivity contribution in [1.29, 1.82) is 0 Å². The number of thioether (sulfide) groups is 1. The summed E-state index contributed by atoms with van der Waals surface area (Å²) >= 11 is 1.14. The molecule has 3 N–H and O–H groups in total. The van der Waals surface area contributed by atoms with Crippen molar-refractivity contribution in [2.24, 2.45) is 0 Å². The Morgan fingerprint density at radius 1 is 1.06 bits per heavy atom.